The lowest BCUT2D eigenvalue weighted by Gasteiger charge is -2.36. The van der Waals surface area contributed by atoms with Gasteiger partial charge in [-0.2, -0.15) is 0 Å². The molecule has 0 radical (unpaired) electrons. The maximum absolute atomic E-state index is 11.6. The lowest BCUT2D eigenvalue weighted by molar-refractivity contribution is -0.147. The Morgan fingerprint density at radius 1 is 1.50 bits per heavy atom. The van der Waals surface area contributed by atoms with E-state index in [0.29, 0.717) is 6.61 Å². The Morgan fingerprint density at radius 3 is 2.57 bits per heavy atom. The third-order valence-electron chi connectivity index (χ3n) is 2.49. The molecule has 0 N–H and O–H groups in total. The molecule has 1 fully saturated rings. The summed E-state index contributed by atoms with van der Waals surface area (Å²) in [6.45, 7) is 6.47. The molecule has 82 valence electrons. The predicted octanol–water partition coefficient (Wildman–Crippen LogP) is 2.77. The van der Waals surface area contributed by atoms with Crippen LogP contribution in [0.5, 0.6) is 0 Å². The maximum Gasteiger partial charge on any atom is 0.310 e. The van der Waals surface area contributed by atoms with Crippen molar-refractivity contribution < 1.29 is 9.53 Å². The third kappa shape index (κ3) is 2.83. The summed E-state index contributed by atoms with van der Waals surface area (Å²) in [6.07, 6.45) is 1.25. The molecule has 0 aromatic rings. The standard InChI is InChI=1S/C10H18O2S2/c1-4-12-9(11)8(2)10(3)13-6-5-7-14-10/h8H,4-7H2,1-3H3/t8-/m0/s1. The van der Waals surface area contributed by atoms with E-state index in [-0.39, 0.29) is 16.0 Å². The van der Waals surface area contributed by atoms with Gasteiger partial charge in [0.05, 0.1) is 16.6 Å². The topological polar surface area (TPSA) is 26.3 Å². The second-order valence-electron chi connectivity index (χ2n) is 3.54. The lowest BCUT2D eigenvalue weighted by atomic mass is 10.1. The fraction of sp³-hybridized carbons (Fsp3) is 0.900. The summed E-state index contributed by atoms with van der Waals surface area (Å²) in [5, 5.41) is 0. The van der Waals surface area contributed by atoms with Gasteiger partial charge in [-0.05, 0) is 38.7 Å². The van der Waals surface area contributed by atoms with Gasteiger partial charge in [0.25, 0.3) is 0 Å². The summed E-state index contributed by atoms with van der Waals surface area (Å²) in [4.78, 5) is 11.6. The van der Waals surface area contributed by atoms with Crippen molar-refractivity contribution >= 4 is 29.5 Å². The molecule has 0 spiro atoms. The molecule has 4 heteroatoms. The van der Waals surface area contributed by atoms with E-state index < -0.39 is 0 Å². The number of ether oxygens (including phenoxy) is 1. The smallest absolute Gasteiger partial charge is 0.310 e. The minimum absolute atomic E-state index is 0.0160. The molecule has 0 unspecified atom stereocenters. The molecule has 1 aliphatic heterocycles. The number of carbonyl (C=O) groups is 1. The summed E-state index contributed by atoms with van der Waals surface area (Å²) in [7, 11) is 0. The molecule has 0 bridgehead atoms. The highest BCUT2D eigenvalue weighted by Crippen LogP contribution is 2.47. The maximum atomic E-state index is 11.6. The van der Waals surface area contributed by atoms with E-state index >= 15 is 0 Å². The first-order valence-electron chi connectivity index (χ1n) is 5.04. The number of thioether (sulfide) groups is 2. The molecule has 1 aliphatic rings. The number of carbonyl (C=O) groups excluding carboxylic acids is 1. The van der Waals surface area contributed by atoms with Crippen LogP contribution in [0, 0.1) is 5.92 Å². The summed E-state index contributed by atoms with van der Waals surface area (Å²) in [6, 6.07) is 0. The molecule has 14 heavy (non-hydrogen) atoms. The second-order valence-corrected chi connectivity index (χ2v) is 6.89. The minimum atomic E-state index is -0.0584. The molecule has 0 amide bonds. The third-order valence-corrected chi connectivity index (χ3v) is 6.04. The monoisotopic (exact) mass is 234 g/mol. The molecular weight excluding hydrogens is 216 g/mol. The van der Waals surface area contributed by atoms with E-state index in [0.717, 1.165) is 11.5 Å². The van der Waals surface area contributed by atoms with Crippen LogP contribution in [0.2, 0.25) is 0 Å². The van der Waals surface area contributed by atoms with Crippen LogP contribution in [0.4, 0.5) is 0 Å². The number of rotatable bonds is 3. The highest BCUT2D eigenvalue weighted by Gasteiger charge is 2.39. The van der Waals surface area contributed by atoms with Crippen molar-refractivity contribution in [3.8, 4) is 0 Å². The largest absolute Gasteiger partial charge is 0.466 e. The molecule has 1 saturated heterocycles. The Balaban J connectivity index is 2.56. The van der Waals surface area contributed by atoms with Gasteiger partial charge in [0, 0.05) is 0 Å². The fourth-order valence-corrected chi connectivity index (χ4v) is 4.48. The van der Waals surface area contributed by atoms with Crippen molar-refractivity contribution in [2.45, 2.75) is 31.3 Å². The normalized spacial score (nSPS) is 22.8. The second kappa shape index (κ2) is 5.31. The molecular formula is C10H18O2S2. The Bertz CT molecular complexity index is 200. The van der Waals surface area contributed by atoms with E-state index in [1.54, 1.807) is 0 Å². The molecule has 0 saturated carbocycles. The van der Waals surface area contributed by atoms with Crippen LogP contribution < -0.4 is 0 Å². The summed E-state index contributed by atoms with van der Waals surface area (Å²) >= 11 is 3.78. The van der Waals surface area contributed by atoms with Crippen LogP contribution in [0.3, 0.4) is 0 Å². The van der Waals surface area contributed by atoms with Crippen molar-refractivity contribution in [1.82, 2.24) is 0 Å². The molecule has 0 aromatic carbocycles. The van der Waals surface area contributed by atoms with E-state index in [9.17, 15) is 4.79 Å². The van der Waals surface area contributed by atoms with Gasteiger partial charge in [-0.3, -0.25) is 4.79 Å². The first-order chi connectivity index (χ1) is 6.60. The van der Waals surface area contributed by atoms with Crippen LogP contribution in [-0.2, 0) is 9.53 Å². The molecule has 0 aliphatic carbocycles. The van der Waals surface area contributed by atoms with E-state index in [1.165, 1.54) is 6.42 Å². The SMILES string of the molecule is CCOC(=O)[C@H](C)C1(C)SCCCS1. The lowest BCUT2D eigenvalue weighted by Crippen LogP contribution is -2.35. The summed E-state index contributed by atoms with van der Waals surface area (Å²) in [5.74, 6) is 2.25. The zero-order valence-electron chi connectivity index (χ0n) is 9.04. The van der Waals surface area contributed by atoms with Gasteiger partial charge in [-0.15, -0.1) is 23.5 Å². The number of hydrogen-bond acceptors (Lipinski definition) is 4. The first kappa shape index (κ1) is 12.2. The Hall–Kier alpha value is 0.170. The highest BCUT2D eigenvalue weighted by atomic mass is 32.2. The van der Waals surface area contributed by atoms with Gasteiger partial charge in [0.15, 0.2) is 0 Å². The number of hydrogen-bond donors (Lipinski definition) is 0. The molecule has 2 nitrogen and oxygen atoms in total. The minimum Gasteiger partial charge on any atom is -0.466 e. The summed E-state index contributed by atoms with van der Waals surface area (Å²) < 4.78 is 5.07. The fourth-order valence-electron chi connectivity index (χ4n) is 1.38. The van der Waals surface area contributed by atoms with Crippen LogP contribution in [0.1, 0.15) is 27.2 Å². The molecule has 1 rings (SSSR count). The zero-order valence-corrected chi connectivity index (χ0v) is 10.7. The molecule has 0 aromatic heterocycles. The number of esters is 1. The predicted molar refractivity (Wildman–Crippen MR) is 63.7 cm³/mol. The van der Waals surface area contributed by atoms with E-state index in [2.05, 4.69) is 6.92 Å². The van der Waals surface area contributed by atoms with Gasteiger partial charge in [0.2, 0.25) is 0 Å². The van der Waals surface area contributed by atoms with Crippen molar-refractivity contribution in [3.05, 3.63) is 0 Å². The average molecular weight is 234 g/mol. The van der Waals surface area contributed by atoms with Crippen molar-refractivity contribution in [1.29, 1.82) is 0 Å². The highest BCUT2D eigenvalue weighted by molar-refractivity contribution is 8.18. The van der Waals surface area contributed by atoms with Crippen LogP contribution in [0.15, 0.2) is 0 Å². The van der Waals surface area contributed by atoms with E-state index in [4.69, 9.17) is 4.74 Å². The average Bonchev–Trinajstić information content (AvgIpc) is 2.18. The van der Waals surface area contributed by atoms with E-state index in [1.807, 2.05) is 37.4 Å². The van der Waals surface area contributed by atoms with Crippen molar-refractivity contribution in [3.63, 3.8) is 0 Å². The molecule has 1 heterocycles. The van der Waals surface area contributed by atoms with Gasteiger partial charge < -0.3 is 4.74 Å². The van der Waals surface area contributed by atoms with Gasteiger partial charge in [0.1, 0.15) is 0 Å². The Morgan fingerprint density at radius 2 is 2.07 bits per heavy atom. The van der Waals surface area contributed by atoms with Gasteiger partial charge in [-0.25, -0.2) is 0 Å². The Labute approximate surface area is 94.5 Å². The van der Waals surface area contributed by atoms with Crippen LogP contribution in [-0.4, -0.2) is 28.2 Å². The zero-order chi connectivity index (χ0) is 10.6. The van der Waals surface area contributed by atoms with Crippen molar-refractivity contribution in [2.75, 3.05) is 18.1 Å². The van der Waals surface area contributed by atoms with Gasteiger partial charge in [-0.1, -0.05) is 0 Å². The molecule has 1 atom stereocenters. The van der Waals surface area contributed by atoms with Crippen LogP contribution >= 0.6 is 23.5 Å². The van der Waals surface area contributed by atoms with Crippen molar-refractivity contribution in [2.24, 2.45) is 5.92 Å². The Kier molecular flexibility index (Phi) is 4.64. The van der Waals surface area contributed by atoms with Crippen LogP contribution in [0.25, 0.3) is 0 Å². The first-order valence-corrected chi connectivity index (χ1v) is 7.02. The quantitative estimate of drug-likeness (QED) is 0.701. The summed E-state index contributed by atoms with van der Waals surface area (Å²) in [5.41, 5.74) is 0. The van der Waals surface area contributed by atoms with Gasteiger partial charge >= 0.3 is 5.97 Å².